The summed E-state index contributed by atoms with van der Waals surface area (Å²) in [5.41, 5.74) is 1.10. The molecule has 0 amide bonds. The van der Waals surface area contributed by atoms with Gasteiger partial charge in [0.05, 0.1) is 5.56 Å². The predicted octanol–water partition coefficient (Wildman–Crippen LogP) is 6.63. The molecule has 0 bridgehead atoms. The van der Waals surface area contributed by atoms with E-state index in [-0.39, 0.29) is 36.7 Å². The third-order valence-electron chi connectivity index (χ3n) is 5.16. The van der Waals surface area contributed by atoms with Gasteiger partial charge in [0.15, 0.2) is 0 Å². The molecular formula is C21H21ClF3NO3S. The van der Waals surface area contributed by atoms with Crippen LogP contribution in [0.4, 0.5) is 13.2 Å². The first-order valence-corrected chi connectivity index (χ1v) is 10.6. The quantitative estimate of drug-likeness (QED) is 0.472. The van der Waals surface area contributed by atoms with Crippen molar-refractivity contribution in [2.75, 3.05) is 0 Å². The Kier molecular flexibility index (Phi) is 7.08. The van der Waals surface area contributed by atoms with Gasteiger partial charge in [0.25, 0.3) is 0 Å². The van der Waals surface area contributed by atoms with Crippen LogP contribution in [0.3, 0.4) is 0 Å². The molecular weight excluding hydrogens is 439 g/mol. The average Bonchev–Trinajstić information content (AvgIpc) is 3.05. The van der Waals surface area contributed by atoms with E-state index in [9.17, 15) is 18.0 Å². The molecule has 0 saturated carbocycles. The molecule has 1 aliphatic rings. The minimum atomic E-state index is -4.60. The average molecular weight is 460 g/mol. The number of carboxylic acid groups (broad SMARTS) is 1. The van der Waals surface area contributed by atoms with Gasteiger partial charge in [-0.25, -0.2) is 0 Å². The molecule has 1 N–H and O–H groups in total. The molecule has 3 rings (SSSR count). The van der Waals surface area contributed by atoms with Crippen LogP contribution < -0.4 is 4.74 Å². The van der Waals surface area contributed by atoms with Gasteiger partial charge in [-0.05, 0) is 67.8 Å². The topological polar surface area (TPSA) is 59.4 Å². The summed E-state index contributed by atoms with van der Waals surface area (Å²) in [6, 6.07) is 3.61. The Morgan fingerprint density at radius 2 is 2.17 bits per heavy atom. The third-order valence-corrected chi connectivity index (χ3v) is 6.62. The zero-order chi connectivity index (χ0) is 21.9. The van der Waals surface area contributed by atoms with E-state index in [2.05, 4.69) is 17.4 Å². The third kappa shape index (κ3) is 5.55. The molecule has 2 aromatic rings. The summed E-state index contributed by atoms with van der Waals surface area (Å²) in [4.78, 5) is 11.7. The Balaban J connectivity index is 1.78. The van der Waals surface area contributed by atoms with Crippen molar-refractivity contribution >= 4 is 29.1 Å². The first-order chi connectivity index (χ1) is 14.1. The van der Waals surface area contributed by atoms with Crippen molar-refractivity contribution in [3.8, 4) is 5.75 Å². The second kappa shape index (κ2) is 9.39. The molecule has 1 unspecified atom stereocenters. The maximum Gasteiger partial charge on any atom is 0.416 e. The summed E-state index contributed by atoms with van der Waals surface area (Å²) in [5.74, 6) is -0.821. The lowest BCUT2D eigenvalue weighted by atomic mass is 9.88. The van der Waals surface area contributed by atoms with E-state index in [0.717, 1.165) is 30.2 Å². The number of hydrogen-bond acceptors (Lipinski definition) is 4. The van der Waals surface area contributed by atoms with Gasteiger partial charge in [-0.15, -0.1) is 0 Å². The largest absolute Gasteiger partial charge is 0.489 e. The monoisotopic (exact) mass is 459 g/mol. The number of hydrogen-bond donors (Lipinski definition) is 1. The standard InChI is InChI=1S/C21H21ClF3NO3S/c1-12-2-4-14(5-3-12)19-16(20(22)26-30-19)11-29-15-8-6-13(7-9-18(27)28)17(10-15)21(23,24)25/h2,6,8,10,14H,3-5,7,9,11H2,1H3,(H,27,28). The molecule has 1 aromatic carbocycles. The molecule has 4 nitrogen and oxygen atoms in total. The zero-order valence-corrected chi connectivity index (χ0v) is 17.8. The van der Waals surface area contributed by atoms with E-state index in [4.69, 9.17) is 21.4 Å². The number of alkyl halides is 3. The zero-order valence-electron chi connectivity index (χ0n) is 16.3. The second-order valence-electron chi connectivity index (χ2n) is 7.34. The van der Waals surface area contributed by atoms with E-state index in [0.29, 0.717) is 10.7 Å². The first kappa shape index (κ1) is 22.6. The van der Waals surface area contributed by atoms with Gasteiger partial charge in [0, 0.05) is 16.9 Å². The Morgan fingerprint density at radius 3 is 2.80 bits per heavy atom. The second-order valence-corrected chi connectivity index (χ2v) is 8.50. The number of carbonyl (C=O) groups is 1. The maximum absolute atomic E-state index is 13.4. The number of aromatic nitrogens is 1. The molecule has 0 saturated heterocycles. The lowest BCUT2D eigenvalue weighted by Gasteiger charge is -2.20. The number of benzene rings is 1. The van der Waals surface area contributed by atoms with Crippen LogP contribution in [0, 0.1) is 0 Å². The number of ether oxygens (including phenoxy) is 1. The maximum atomic E-state index is 13.4. The molecule has 0 fully saturated rings. The Hall–Kier alpha value is -2.06. The van der Waals surface area contributed by atoms with Gasteiger partial charge >= 0.3 is 12.1 Å². The molecule has 0 radical (unpaired) electrons. The Morgan fingerprint density at radius 1 is 1.40 bits per heavy atom. The first-order valence-electron chi connectivity index (χ1n) is 9.49. The minimum absolute atomic E-state index is 0.0234. The van der Waals surface area contributed by atoms with Crippen molar-refractivity contribution in [1.82, 2.24) is 4.37 Å². The lowest BCUT2D eigenvalue weighted by molar-refractivity contribution is -0.140. The highest BCUT2D eigenvalue weighted by atomic mass is 35.5. The van der Waals surface area contributed by atoms with Crippen LogP contribution in [-0.2, 0) is 24.0 Å². The number of allylic oxidation sites excluding steroid dienone is 2. The van der Waals surface area contributed by atoms with Crippen molar-refractivity contribution in [3.63, 3.8) is 0 Å². The van der Waals surface area contributed by atoms with E-state index in [1.807, 2.05) is 0 Å². The fraction of sp³-hybridized carbons (Fsp3) is 0.429. The van der Waals surface area contributed by atoms with E-state index in [1.54, 1.807) is 0 Å². The van der Waals surface area contributed by atoms with Crippen molar-refractivity contribution in [2.45, 2.75) is 57.7 Å². The molecule has 30 heavy (non-hydrogen) atoms. The van der Waals surface area contributed by atoms with E-state index in [1.165, 1.54) is 29.2 Å². The smallest absolute Gasteiger partial charge is 0.416 e. The summed E-state index contributed by atoms with van der Waals surface area (Å²) >= 11 is 7.54. The number of rotatable bonds is 7. The molecule has 1 aromatic heterocycles. The normalized spacial score (nSPS) is 17.0. The van der Waals surface area contributed by atoms with Crippen LogP contribution in [0.15, 0.2) is 29.8 Å². The number of nitrogens with zero attached hydrogens (tertiary/aromatic N) is 1. The van der Waals surface area contributed by atoms with E-state index >= 15 is 0 Å². The van der Waals surface area contributed by atoms with Crippen molar-refractivity contribution in [2.24, 2.45) is 0 Å². The number of carboxylic acids is 1. The van der Waals surface area contributed by atoms with Gasteiger partial charge in [0.2, 0.25) is 0 Å². The minimum Gasteiger partial charge on any atom is -0.489 e. The van der Waals surface area contributed by atoms with Crippen LogP contribution >= 0.6 is 23.1 Å². The van der Waals surface area contributed by atoms with Crippen LogP contribution in [0.5, 0.6) is 5.75 Å². The van der Waals surface area contributed by atoms with Crippen LogP contribution in [0.1, 0.15) is 60.1 Å². The van der Waals surface area contributed by atoms with Crippen molar-refractivity contribution in [3.05, 3.63) is 56.6 Å². The van der Waals surface area contributed by atoms with Crippen molar-refractivity contribution in [1.29, 1.82) is 0 Å². The summed E-state index contributed by atoms with van der Waals surface area (Å²) in [7, 11) is 0. The van der Waals surface area contributed by atoms with Gasteiger partial charge in [-0.3, -0.25) is 4.79 Å². The highest BCUT2D eigenvalue weighted by Gasteiger charge is 2.34. The van der Waals surface area contributed by atoms with Crippen molar-refractivity contribution < 1.29 is 27.8 Å². The fourth-order valence-corrected chi connectivity index (χ4v) is 4.71. The molecule has 0 spiro atoms. The van der Waals surface area contributed by atoms with Gasteiger partial charge < -0.3 is 9.84 Å². The molecule has 9 heteroatoms. The number of aliphatic carboxylic acids is 1. The lowest BCUT2D eigenvalue weighted by Crippen LogP contribution is -2.11. The highest BCUT2D eigenvalue weighted by molar-refractivity contribution is 7.06. The number of aryl methyl sites for hydroxylation is 1. The predicted molar refractivity (Wildman–Crippen MR) is 109 cm³/mol. The Bertz CT molecular complexity index is 955. The van der Waals surface area contributed by atoms with Gasteiger partial charge in [0.1, 0.15) is 17.5 Å². The number of halogens is 4. The van der Waals surface area contributed by atoms with Gasteiger partial charge in [-0.1, -0.05) is 29.3 Å². The van der Waals surface area contributed by atoms with E-state index < -0.39 is 17.7 Å². The summed E-state index contributed by atoms with van der Waals surface area (Å²) in [6.45, 7) is 2.12. The molecule has 1 atom stereocenters. The van der Waals surface area contributed by atoms with Crippen LogP contribution in [0.25, 0.3) is 0 Å². The summed E-state index contributed by atoms with van der Waals surface area (Å²) < 4.78 is 50.2. The SMILES string of the molecule is CC1=CCC(c2snc(Cl)c2COc2ccc(CCC(=O)O)c(C(F)(F)F)c2)CC1. The van der Waals surface area contributed by atoms with Crippen LogP contribution in [-0.4, -0.2) is 15.4 Å². The summed E-state index contributed by atoms with van der Waals surface area (Å²) in [6.07, 6.45) is -0.142. The Labute approximate surface area is 181 Å². The molecule has 162 valence electrons. The molecule has 1 aliphatic carbocycles. The van der Waals surface area contributed by atoms with Gasteiger partial charge in [-0.2, -0.15) is 17.5 Å². The molecule has 0 aliphatic heterocycles. The summed E-state index contributed by atoms with van der Waals surface area (Å²) in [5, 5.41) is 9.08. The fourth-order valence-electron chi connectivity index (χ4n) is 3.48. The van der Waals surface area contributed by atoms with Crippen LogP contribution in [0.2, 0.25) is 5.15 Å². The molecule has 1 heterocycles. The highest BCUT2D eigenvalue weighted by Crippen LogP contribution is 2.39.